The number of pyridine rings is 1. The Balaban J connectivity index is 1.49. The van der Waals surface area contributed by atoms with Crippen molar-refractivity contribution in [3.63, 3.8) is 0 Å². The minimum absolute atomic E-state index is 0.0997. The maximum Gasteiger partial charge on any atom is 0.129 e. The van der Waals surface area contributed by atoms with Gasteiger partial charge >= 0.3 is 0 Å². The predicted octanol–water partition coefficient (Wildman–Crippen LogP) is 5.72. The summed E-state index contributed by atoms with van der Waals surface area (Å²) in [5.41, 5.74) is 5.17. The van der Waals surface area contributed by atoms with Crippen LogP contribution < -0.4 is 0 Å². The Morgan fingerprint density at radius 3 is 2.39 bits per heavy atom. The number of benzene rings is 2. The standard InChI is InChI=1S/C27H24ClN3/c1-31-15-22-24(20-9-12-23(28)30-14-20)26(21-10-7-18(13-29)8-11-21)16-27(22,17-26)25(31)19-5-3-2-4-6-19/h2-12,14,22,24-25H,15-17H2,1H3/t22-,24?,25-,26?,27?/m1/s1. The summed E-state index contributed by atoms with van der Waals surface area (Å²) in [5, 5.41) is 9.81. The van der Waals surface area contributed by atoms with E-state index in [1.54, 1.807) is 0 Å². The van der Waals surface area contributed by atoms with Crippen LogP contribution in [0.15, 0.2) is 72.9 Å². The first-order chi connectivity index (χ1) is 15.1. The number of nitriles is 1. The summed E-state index contributed by atoms with van der Waals surface area (Å²) in [6, 6.07) is 26.1. The predicted molar refractivity (Wildman–Crippen MR) is 122 cm³/mol. The monoisotopic (exact) mass is 425 g/mol. The van der Waals surface area contributed by atoms with Crippen molar-refractivity contribution >= 4 is 11.6 Å². The van der Waals surface area contributed by atoms with Gasteiger partial charge in [0.25, 0.3) is 0 Å². The smallest absolute Gasteiger partial charge is 0.129 e. The molecule has 0 N–H and O–H groups in total. The zero-order valence-corrected chi connectivity index (χ0v) is 18.3. The lowest BCUT2D eigenvalue weighted by Gasteiger charge is -2.53. The second-order valence-corrected chi connectivity index (χ2v) is 10.1. The molecule has 3 saturated carbocycles. The number of aromatic nitrogens is 1. The van der Waals surface area contributed by atoms with E-state index in [-0.39, 0.29) is 10.8 Å². The third-order valence-corrected chi connectivity index (χ3v) is 8.53. The highest BCUT2D eigenvalue weighted by atomic mass is 35.5. The molecule has 3 atom stereocenters. The molecule has 2 bridgehead atoms. The fourth-order valence-electron chi connectivity index (χ4n) is 7.46. The Kier molecular flexibility index (Phi) is 4.09. The number of hydrogen-bond acceptors (Lipinski definition) is 3. The summed E-state index contributed by atoms with van der Waals surface area (Å²) in [7, 11) is 2.28. The van der Waals surface area contributed by atoms with Gasteiger partial charge in [0.05, 0.1) is 11.6 Å². The Bertz CT molecular complexity index is 1160. The van der Waals surface area contributed by atoms with Crippen LogP contribution in [0.1, 0.15) is 47.1 Å². The molecule has 4 fully saturated rings. The molecule has 3 aromatic rings. The molecule has 3 aliphatic carbocycles. The van der Waals surface area contributed by atoms with Crippen LogP contribution in [0.5, 0.6) is 0 Å². The van der Waals surface area contributed by atoms with E-state index >= 15 is 0 Å². The van der Waals surface area contributed by atoms with Crippen molar-refractivity contribution < 1.29 is 0 Å². The van der Waals surface area contributed by atoms with Gasteiger partial charge in [0.15, 0.2) is 0 Å². The molecule has 3 nitrogen and oxygen atoms in total. The second kappa shape index (κ2) is 6.66. The number of hydrogen-bond donors (Lipinski definition) is 0. The summed E-state index contributed by atoms with van der Waals surface area (Å²) in [6.45, 7) is 1.09. The van der Waals surface area contributed by atoms with Crippen LogP contribution in [0.4, 0.5) is 0 Å². The Morgan fingerprint density at radius 1 is 1.00 bits per heavy atom. The van der Waals surface area contributed by atoms with Gasteiger partial charge in [-0.05, 0) is 72.0 Å². The van der Waals surface area contributed by atoms with Gasteiger partial charge in [0, 0.05) is 24.2 Å². The van der Waals surface area contributed by atoms with E-state index in [0.717, 1.165) is 12.1 Å². The van der Waals surface area contributed by atoms with Crippen molar-refractivity contribution in [3.8, 4) is 6.07 Å². The molecule has 4 heteroatoms. The van der Waals surface area contributed by atoms with Crippen molar-refractivity contribution in [1.82, 2.24) is 9.88 Å². The summed E-state index contributed by atoms with van der Waals surface area (Å²) in [6.07, 6.45) is 4.34. The molecule has 2 aromatic carbocycles. The molecule has 4 aliphatic rings. The second-order valence-electron chi connectivity index (χ2n) is 9.68. The van der Waals surface area contributed by atoms with Gasteiger partial charge < -0.3 is 0 Å². The van der Waals surface area contributed by atoms with Crippen LogP contribution in [0.25, 0.3) is 0 Å². The van der Waals surface area contributed by atoms with Crippen LogP contribution in [-0.2, 0) is 5.41 Å². The van der Waals surface area contributed by atoms with Gasteiger partial charge in [-0.15, -0.1) is 0 Å². The highest BCUT2D eigenvalue weighted by Crippen LogP contribution is 2.81. The minimum Gasteiger partial charge on any atom is -0.298 e. The van der Waals surface area contributed by atoms with Crippen molar-refractivity contribution in [1.29, 1.82) is 5.26 Å². The van der Waals surface area contributed by atoms with E-state index in [1.807, 2.05) is 24.4 Å². The first kappa shape index (κ1) is 19.0. The zero-order chi connectivity index (χ0) is 21.2. The van der Waals surface area contributed by atoms with Crippen molar-refractivity contribution in [3.05, 3.63) is 100 Å². The first-order valence-corrected chi connectivity index (χ1v) is 11.3. The molecule has 31 heavy (non-hydrogen) atoms. The van der Waals surface area contributed by atoms with Crippen LogP contribution in [0, 0.1) is 22.7 Å². The van der Waals surface area contributed by atoms with E-state index in [2.05, 4.69) is 71.5 Å². The van der Waals surface area contributed by atoms with Gasteiger partial charge in [-0.1, -0.05) is 60.1 Å². The lowest BCUT2D eigenvalue weighted by Crippen LogP contribution is -2.47. The SMILES string of the molecule is CN1C[C@@H]2C(c3ccc(Cl)nc3)C3(c4ccc(C#N)cc4)CC2(C3)[C@H]1c1ccccc1. The molecule has 0 amide bonds. The number of nitrogens with zero attached hydrogens (tertiary/aromatic N) is 3. The normalized spacial score (nSPS) is 33.5. The van der Waals surface area contributed by atoms with Crippen LogP contribution in [-0.4, -0.2) is 23.5 Å². The van der Waals surface area contributed by atoms with Crippen LogP contribution in [0.2, 0.25) is 5.15 Å². The van der Waals surface area contributed by atoms with Gasteiger partial charge in [-0.2, -0.15) is 5.26 Å². The van der Waals surface area contributed by atoms with Gasteiger partial charge in [0.1, 0.15) is 5.15 Å². The van der Waals surface area contributed by atoms with Crippen LogP contribution >= 0.6 is 11.6 Å². The van der Waals surface area contributed by atoms with E-state index < -0.39 is 0 Å². The third-order valence-electron chi connectivity index (χ3n) is 8.31. The number of likely N-dealkylation sites (tertiary alicyclic amines) is 1. The van der Waals surface area contributed by atoms with E-state index in [4.69, 9.17) is 11.6 Å². The molecular formula is C27H24ClN3. The largest absolute Gasteiger partial charge is 0.298 e. The average molecular weight is 426 g/mol. The molecular weight excluding hydrogens is 402 g/mol. The summed E-state index contributed by atoms with van der Waals surface area (Å²) < 4.78 is 0. The van der Waals surface area contributed by atoms with E-state index in [0.29, 0.717) is 23.0 Å². The molecule has 1 aliphatic heterocycles. The van der Waals surface area contributed by atoms with E-state index in [9.17, 15) is 5.26 Å². The molecule has 1 saturated heterocycles. The average Bonchev–Trinajstić information content (AvgIpc) is 3.32. The number of halogens is 1. The molecule has 1 unspecified atom stereocenters. The molecule has 2 heterocycles. The fourth-order valence-corrected chi connectivity index (χ4v) is 7.58. The minimum atomic E-state index is 0.0997. The molecule has 7 rings (SSSR count). The van der Waals surface area contributed by atoms with Gasteiger partial charge in [-0.25, -0.2) is 4.98 Å². The maximum atomic E-state index is 9.27. The Morgan fingerprint density at radius 2 is 1.74 bits per heavy atom. The molecule has 1 spiro atoms. The molecule has 0 radical (unpaired) electrons. The summed E-state index contributed by atoms with van der Waals surface area (Å²) in [5.74, 6) is 0.975. The number of rotatable bonds is 3. The topological polar surface area (TPSA) is 39.9 Å². The molecule has 154 valence electrons. The lowest BCUT2D eigenvalue weighted by atomic mass is 9.52. The summed E-state index contributed by atoms with van der Waals surface area (Å²) >= 11 is 6.14. The van der Waals surface area contributed by atoms with E-state index in [1.165, 1.54) is 29.5 Å². The third kappa shape index (κ3) is 2.53. The van der Waals surface area contributed by atoms with Crippen molar-refractivity contribution in [2.75, 3.05) is 13.6 Å². The van der Waals surface area contributed by atoms with Crippen LogP contribution in [0.3, 0.4) is 0 Å². The van der Waals surface area contributed by atoms with Gasteiger partial charge in [0.2, 0.25) is 0 Å². The zero-order valence-electron chi connectivity index (χ0n) is 17.5. The molecule has 1 aromatic heterocycles. The fraction of sp³-hybridized carbons (Fsp3) is 0.333. The lowest BCUT2D eigenvalue weighted by molar-refractivity contribution is 0.0399. The highest BCUT2D eigenvalue weighted by molar-refractivity contribution is 6.29. The summed E-state index contributed by atoms with van der Waals surface area (Å²) in [4.78, 5) is 7.01. The van der Waals surface area contributed by atoms with Gasteiger partial charge in [-0.3, -0.25) is 4.90 Å². The van der Waals surface area contributed by atoms with Crippen molar-refractivity contribution in [2.24, 2.45) is 11.3 Å². The van der Waals surface area contributed by atoms with Crippen molar-refractivity contribution in [2.45, 2.75) is 30.2 Å². The highest BCUT2D eigenvalue weighted by Gasteiger charge is 2.76. The quantitative estimate of drug-likeness (QED) is 0.503. The Hall–Kier alpha value is -2.67. The maximum absolute atomic E-state index is 9.27. The first-order valence-electron chi connectivity index (χ1n) is 10.9. The Labute approximate surface area is 188 Å².